The zero-order valence-electron chi connectivity index (χ0n) is 20.1. The van der Waals surface area contributed by atoms with Gasteiger partial charge >= 0.3 is 0 Å². The molecule has 0 saturated heterocycles. The highest BCUT2D eigenvalue weighted by Crippen LogP contribution is 2.21. The van der Waals surface area contributed by atoms with E-state index in [2.05, 4.69) is 10.6 Å². The lowest BCUT2D eigenvalue weighted by Crippen LogP contribution is -2.37. The minimum absolute atomic E-state index is 0.0647. The summed E-state index contributed by atoms with van der Waals surface area (Å²) in [5.74, 6) is 0.0373. The van der Waals surface area contributed by atoms with E-state index < -0.39 is 10.0 Å². The summed E-state index contributed by atoms with van der Waals surface area (Å²) in [7, 11) is -3.62. The first-order valence-electron chi connectivity index (χ1n) is 11.3. The molecule has 0 spiro atoms. The molecule has 0 fully saturated rings. The van der Waals surface area contributed by atoms with Crippen LogP contribution < -0.4 is 10.6 Å². The van der Waals surface area contributed by atoms with Gasteiger partial charge in [0.2, 0.25) is 15.9 Å². The lowest BCUT2D eigenvalue weighted by Gasteiger charge is -2.25. The van der Waals surface area contributed by atoms with Gasteiger partial charge in [0.15, 0.2) is 0 Å². The van der Waals surface area contributed by atoms with E-state index >= 15 is 0 Å². The zero-order chi connectivity index (χ0) is 24.6. The lowest BCUT2D eigenvalue weighted by atomic mass is 10.2. The van der Waals surface area contributed by atoms with Crippen LogP contribution in [0.4, 0.5) is 11.4 Å². The van der Waals surface area contributed by atoms with E-state index in [-0.39, 0.29) is 28.5 Å². The second kappa shape index (κ2) is 12.0. The number of hydrogen-bond donors (Lipinski definition) is 2. The van der Waals surface area contributed by atoms with Crippen LogP contribution in [0.1, 0.15) is 57.8 Å². The van der Waals surface area contributed by atoms with Crippen molar-refractivity contribution in [2.24, 2.45) is 11.8 Å². The fourth-order valence-electron chi connectivity index (χ4n) is 3.30. The smallest absolute Gasteiger partial charge is 0.255 e. The van der Waals surface area contributed by atoms with Crippen LogP contribution in [0.2, 0.25) is 0 Å². The van der Waals surface area contributed by atoms with E-state index in [1.807, 2.05) is 34.6 Å². The van der Waals surface area contributed by atoms with Crippen molar-refractivity contribution in [2.75, 3.05) is 23.7 Å². The van der Waals surface area contributed by atoms with Gasteiger partial charge < -0.3 is 10.6 Å². The second-order valence-corrected chi connectivity index (χ2v) is 10.9. The fraction of sp³-hybridized carbons (Fsp3) is 0.440. The van der Waals surface area contributed by atoms with Gasteiger partial charge in [-0.15, -0.1) is 0 Å². The fourth-order valence-corrected chi connectivity index (χ4v) is 5.07. The van der Waals surface area contributed by atoms with E-state index in [1.165, 1.54) is 16.4 Å². The summed E-state index contributed by atoms with van der Waals surface area (Å²) in [6.07, 6.45) is 1.21. The highest BCUT2D eigenvalue weighted by molar-refractivity contribution is 7.89. The number of hydrogen-bond acceptors (Lipinski definition) is 4. The van der Waals surface area contributed by atoms with Crippen LogP contribution in [0.15, 0.2) is 53.4 Å². The molecule has 2 N–H and O–H groups in total. The molecule has 0 heterocycles. The molecule has 180 valence electrons. The molecule has 2 aromatic rings. The van der Waals surface area contributed by atoms with Gasteiger partial charge in [0.1, 0.15) is 0 Å². The number of rotatable bonds is 11. The van der Waals surface area contributed by atoms with Crippen molar-refractivity contribution >= 4 is 33.2 Å². The summed E-state index contributed by atoms with van der Waals surface area (Å²) in [5, 5.41) is 5.56. The predicted octanol–water partition coefficient (Wildman–Crippen LogP) is 4.98. The monoisotopic (exact) mass is 473 g/mol. The summed E-state index contributed by atoms with van der Waals surface area (Å²) in [4.78, 5) is 24.4. The van der Waals surface area contributed by atoms with E-state index in [9.17, 15) is 18.0 Å². The molecule has 2 amide bonds. The Morgan fingerprint density at radius 3 is 1.79 bits per heavy atom. The van der Waals surface area contributed by atoms with Crippen LogP contribution >= 0.6 is 0 Å². The maximum absolute atomic E-state index is 13.1. The maximum atomic E-state index is 13.1. The first-order chi connectivity index (χ1) is 15.5. The zero-order valence-corrected chi connectivity index (χ0v) is 20.9. The summed E-state index contributed by atoms with van der Waals surface area (Å²) >= 11 is 0. The van der Waals surface area contributed by atoms with Crippen molar-refractivity contribution in [2.45, 2.75) is 52.4 Å². The number of nitrogens with one attached hydrogen (secondary N) is 2. The molecule has 8 heteroatoms. The Kier molecular flexibility index (Phi) is 9.61. The number of benzene rings is 2. The minimum atomic E-state index is -3.62. The molecular weight excluding hydrogens is 438 g/mol. The highest BCUT2D eigenvalue weighted by Gasteiger charge is 2.25. The van der Waals surface area contributed by atoms with Crippen molar-refractivity contribution < 1.29 is 18.0 Å². The maximum Gasteiger partial charge on any atom is 0.255 e. The van der Waals surface area contributed by atoms with E-state index in [4.69, 9.17) is 0 Å². The van der Waals surface area contributed by atoms with Crippen molar-refractivity contribution in [1.29, 1.82) is 0 Å². The Balaban J connectivity index is 2.08. The van der Waals surface area contributed by atoms with Gasteiger partial charge in [0.05, 0.1) is 4.90 Å². The molecule has 0 saturated carbocycles. The third-order valence-electron chi connectivity index (χ3n) is 4.80. The summed E-state index contributed by atoms with van der Waals surface area (Å²) in [5.41, 5.74) is 1.56. The lowest BCUT2D eigenvalue weighted by molar-refractivity contribution is -0.116. The normalized spacial score (nSPS) is 11.8. The predicted molar refractivity (Wildman–Crippen MR) is 133 cm³/mol. The molecule has 0 atom stereocenters. The molecule has 33 heavy (non-hydrogen) atoms. The molecule has 0 bridgehead atoms. The Labute approximate surface area is 197 Å². The molecule has 2 aromatic carbocycles. The van der Waals surface area contributed by atoms with Crippen molar-refractivity contribution in [1.82, 2.24) is 4.31 Å². The molecule has 0 unspecified atom stereocenters. The molecule has 7 nitrogen and oxygen atoms in total. The molecule has 0 aliphatic heterocycles. The quantitative estimate of drug-likeness (QED) is 0.481. The number of carbonyl (C=O) groups is 2. The number of sulfonamides is 1. The van der Waals surface area contributed by atoms with E-state index in [0.29, 0.717) is 36.4 Å². The van der Waals surface area contributed by atoms with Crippen molar-refractivity contribution in [3.63, 3.8) is 0 Å². The van der Waals surface area contributed by atoms with Gasteiger partial charge in [-0.05, 0) is 66.8 Å². The molecule has 0 aliphatic rings. The summed E-state index contributed by atoms with van der Waals surface area (Å²) < 4.78 is 27.8. The van der Waals surface area contributed by atoms with Gasteiger partial charge in [-0.2, -0.15) is 4.31 Å². The van der Waals surface area contributed by atoms with E-state index in [0.717, 1.165) is 6.42 Å². The molecule has 0 aliphatic carbocycles. The Morgan fingerprint density at radius 1 is 0.818 bits per heavy atom. The number of anilines is 2. The molecular formula is C25H35N3O4S. The Morgan fingerprint density at radius 2 is 1.30 bits per heavy atom. The van der Waals surface area contributed by atoms with Crippen molar-refractivity contribution in [3.8, 4) is 0 Å². The standard InChI is InChI=1S/C25H35N3O4S/c1-6-7-24(29)26-21-10-8-20(9-11-21)25(30)27-22-12-14-23(15-13-22)33(31,32)28(16-18(2)3)17-19(4)5/h8-15,18-19H,6-7,16-17H2,1-5H3,(H,26,29)(H,27,30). The van der Waals surface area contributed by atoms with Gasteiger partial charge in [-0.1, -0.05) is 34.6 Å². The Bertz CT molecular complexity index is 1020. The second-order valence-electron chi connectivity index (χ2n) is 8.96. The minimum Gasteiger partial charge on any atom is -0.326 e. The highest BCUT2D eigenvalue weighted by atomic mass is 32.2. The molecule has 0 aromatic heterocycles. The summed E-state index contributed by atoms with van der Waals surface area (Å²) in [6.45, 7) is 10.8. The van der Waals surface area contributed by atoms with Gasteiger partial charge in [0.25, 0.3) is 5.91 Å². The topological polar surface area (TPSA) is 95.6 Å². The molecule has 0 radical (unpaired) electrons. The average Bonchev–Trinajstić information content (AvgIpc) is 2.73. The first-order valence-corrected chi connectivity index (χ1v) is 12.8. The van der Waals surface area contributed by atoms with Crippen LogP contribution in [0.3, 0.4) is 0 Å². The first kappa shape index (κ1) is 26.5. The third kappa shape index (κ3) is 7.98. The number of carbonyl (C=O) groups excluding carboxylic acids is 2. The average molecular weight is 474 g/mol. The van der Waals surface area contributed by atoms with Crippen LogP contribution in [0, 0.1) is 11.8 Å². The van der Waals surface area contributed by atoms with Gasteiger partial charge in [-0.25, -0.2) is 8.42 Å². The van der Waals surface area contributed by atoms with Crippen LogP contribution in [-0.4, -0.2) is 37.6 Å². The van der Waals surface area contributed by atoms with Crippen LogP contribution in [-0.2, 0) is 14.8 Å². The third-order valence-corrected chi connectivity index (χ3v) is 6.64. The number of nitrogens with zero attached hydrogens (tertiary/aromatic N) is 1. The summed E-state index contributed by atoms with van der Waals surface area (Å²) in [6, 6.07) is 12.8. The van der Waals surface area contributed by atoms with Gasteiger partial charge in [-0.3, -0.25) is 9.59 Å². The van der Waals surface area contributed by atoms with Crippen LogP contribution in [0.25, 0.3) is 0 Å². The largest absolute Gasteiger partial charge is 0.326 e. The SMILES string of the molecule is CCCC(=O)Nc1ccc(C(=O)Nc2ccc(S(=O)(=O)N(CC(C)C)CC(C)C)cc2)cc1. The van der Waals surface area contributed by atoms with Crippen LogP contribution in [0.5, 0.6) is 0 Å². The Hall–Kier alpha value is -2.71. The van der Waals surface area contributed by atoms with Gasteiger partial charge in [0, 0.05) is 36.4 Å². The van der Waals surface area contributed by atoms with Crippen molar-refractivity contribution in [3.05, 3.63) is 54.1 Å². The number of amides is 2. The van der Waals surface area contributed by atoms with E-state index in [1.54, 1.807) is 36.4 Å². The molecule has 2 rings (SSSR count).